The number of hydrogen-bond acceptors (Lipinski definition) is 2. The number of ketones is 2. The van der Waals surface area contributed by atoms with E-state index in [1.807, 2.05) is 12.2 Å². The number of rotatable bonds is 6. The first kappa shape index (κ1) is 21.1. The summed E-state index contributed by atoms with van der Waals surface area (Å²) < 4.78 is 0. The van der Waals surface area contributed by atoms with Crippen molar-refractivity contribution in [2.24, 2.45) is 10.8 Å². The van der Waals surface area contributed by atoms with E-state index in [4.69, 9.17) is 0 Å². The molecule has 0 saturated heterocycles. The maximum atomic E-state index is 12.3. The average Bonchev–Trinajstić information content (AvgIpc) is 2.52. The molecule has 2 nitrogen and oxygen atoms in total. The van der Waals surface area contributed by atoms with Crippen molar-refractivity contribution in [1.82, 2.24) is 0 Å². The Morgan fingerprint density at radius 1 is 0.815 bits per heavy atom. The van der Waals surface area contributed by atoms with Gasteiger partial charge in [-0.15, -0.1) is 0 Å². The van der Waals surface area contributed by atoms with Gasteiger partial charge in [0.2, 0.25) is 0 Å². The lowest BCUT2D eigenvalue weighted by molar-refractivity contribution is -0.121. The summed E-state index contributed by atoms with van der Waals surface area (Å²) in [4.78, 5) is 24.5. The van der Waals surface area contributed by atoms with E-state index in [0.717, 1.165) is 24.0 Å². The minimum Gasteiger partial charge on any atom is -0.294 e. The molecular weight excluding hydrogens is 332 g/mol. The van der Waals surface area contributed by atoms with E-state index in [1.165, 1.54) is 11.1 Å². The minimum atomic E-state index is -0.149. The molecule has 0 aromatic rings. The van der Waals surface area contributed by atoms with E-state index in [-0.39, 0.29) is 28.8 Å². The summed E-state index contributed by atoms with van der Waals surface area (Å²) >= 11 is 0. The lowest BCUT2D eigenvalue weighted by atomic mass is 9.75. The third-order valence-corrected chi connectivity index (χ3v) is 5.52. The first-order valence-electron chi connectivity index (χ1n) is 9.70. The van der Waals surface area contributed by atoms with Crippen molar-refractivity contribution >= 4 is 11.6 Å². The second-order valence-corrected chi connectivity index (χ2v) is 8.95. The van der Waals surface area contributed by atoms with Crippen molar-refractivity contribution in [1.29, 1.82) is 0 Å². The molecule has 0 bridgehead atoms. The summed E-state index contributed by atoms with van der Waals surface area (Å²) in [5, 5.41) is 0. The Bertz CT molecular complexity index is 737. The molecule has 0 fully saturated rings. The highest BCUT2D eigenvalue weighted by Crippen LogP contribution is 2.38. The molecule has 27 heavy (non-hydrogen) atoms. The fourth-order valence-corrected chi connectivity index (χ4v) is 3.88. The zero-order valence-corrected chi connectivity index (χ0v) is 17.6. The average molecular weight is 365 g/mol. The molecule has 0 amide bonds. The van der Waals surface area contributed by atoms with Gasteiger partial charge in [-0.2, -0.15) is 0 Å². The van der Waals surface area contributed by atoms with Crippen LogP contribution in [0.2, 0.25) is 0 Å². The molecule has 0 N–H and O–H groups in total. The molecule has 144 valence electrons. The standard InChI is InChI=1S/C25H32O2/c1-18-9-7-15-24(3,4)22(18)13-11-20(26)17-21(27)12-14-23-19(2)10-8-16-25(23,5)6/h7-14H,15-17H2,1-6H3/b13-11+,14-12+. The second-order valence-electron chi connectivity index (χ2n) is 8.95. The van der Waals surface area contributed by atoms with Crippen LogP contribution >= 0.6 is 0 Å². The maximum Gasteiger partial charge on any atom is 0.163 e. The summed E-state index contributed by atoms with van der Waals surface area (Å²) in [6.45, 7) is 12.8. The molecule has 0 radical (unpaired) electrons. The van der Waals surface area contributed by atoms with E-state index < -0.39 is 0 Å². The molecule has 2 heteroatoms. The Morgan fingerprint density at radius 2 is 1.19 bits per heavy atom. The van der Waals surface area contributed by atoms with Gasteiger partial charge in [0.05, 0.1) is 6.42 Å². The number of carbonyl (C=O) groups is 2. The summed E-state index contributed by atoms with van der Waals surface area (Å²) in [6.07, 6.45) is 17.3. The highest BCUT2D eigenvalue weighted by atomic mass is 16.1. The molecular formula is C25H32O2. The zero-order valence-electron chi connectivity index (χ0n) is 17.6. The molecule has 0 atom stereocenters. The predicted molar refractivity (Wildman–Crippen MR) is 113 cm³/mol. The van der Waals surface area contributed by atoms with Gasteiger partial charge in [0.15, 0.2) is 11.6 Å². The maximum absolute atomic E-state index is 12.3. The van der Waals surface area contributed by atoms with Crippen molar-refractivity contribution in [3.63, 3.8) is 0 Å². The van der Waals surface area contributed by atoms with Gasteiger partial charge in [0.1, 0.15) is 0 Å². The van der Waals surface area contributed by atoms with Crippen molar-refractivity contribution in [2.45, 2.75) is 60.8 Å². The highest BCUT2D eigenvalue weighted by molar-refractivity contribution is 6.08. The summed E-state index contributed by atoms with van der Waals surface area (Å²) in [5.74, 6) is -0.299. The molecule has 2 aliphatic carbocycles. The Kier molecular flexibility index (Phi) is 6.41. The van der Waals surface area contributed by atoms with Crippen LogP contribution in [-0.2, 0) is 9.59 Å². The van der Waals surface area contributed by atoms with Crippen LogP contribution in [0, 0.1) is 10.8 Å². The van der Waals surface area contributed by atoms with Crippen LogP contribution in [0.15, 0.2) is 70.9 Å². The Hall–Kier alpha value is -2.22. The van der Waals surface area contributed by atoms with E-state index in [9.17, 15) is 9.59 Å². The van der Waals surface area contributed by atoms with Crippen LogP contribution in [0.3, 0.4) is 0 Å². The summed E-state index contributed by atoms with van der Waals surface area (Å²) in [7, 11) is 0. The molecule has 2 aliphatic rings. The number of hydrogen-bond donors (Lipinski definition) is 0. The largest absolute Gasteiger partial charge is 0.294 e. The monoisotopic (exact) mass is 364 g/mol. The van der Waals surface area contributed by atoms with Crippen molar-refractivity contribution in [3.8, 4) is 0 Å². The van der Waals surface area contributed by atoms with Crippen LogP contribution in [-0.4, -0.2) is 11.6 Å². The van der Waals surface area contributed by atoms with Crippen LogP contribution in [0.4, 0.5) is 0 Å². The second kappa shape index (κ2) is 8.21. The molecule has 0 aliphatic heterocycles. The van der Waals surface area contributed by atoms with Gasteiger partial charge in [-0.05, 0) is 72.0 Å². The molecule has 0 saturated carbocycles. The Balaban J connectivity index is 2.03. The van der Waals surface area contributed by atoms with Crippen LogP contribution < -0.4 is 0 Å². The van der Waals surface area contributed by atoms with Crippen LogP contribution in [0.25, 0.3) is 0 Å². The predicted octanol–water partition coefficient (Wildman–Crippen LogP) is 6.23. The number of allylic oxidation sites excluding steroid dienone is 12. The molecule has 0 unspecified atom stereocenters. The van der Waals surface area contributed by atoms with Crippen molar-refractivity contribution in [3.05, 3.63) is 70.9 Å². The van der Waals surface area contributed by atoms with Crippen LogP contribution in [0.5, 0.6) is 0 Å². The molecule has 0 heterocycles. The normalized spacial score (nSPS) is 21.6. The van der Waals surface area contributed by atoms with Gasteiger partial charge in [0, 0.05) is 0 Å². The zero-order chi connectivity index (χ0) is 20.2. The van der Waals surface area contributed by atoms with E-state index in [0.29, 0.717) is 0 Å². The van der Waals surface area contributed by atoms with Crippen molar-refractivity contribution < 1.29 is 9.59 Å². The van der Waals surface area contributed by atoms with E-state index >= 15 is 0 Å². The fourth-order valence-electron chi connectivity index (χ4n) is 3.88. The third kappa shape index (κ3) is 5.38. The lowest BCUT2D eigenvalue weighted by Gasteiger charge is -2.29. The van der Waals surface area contributed by atoms with Gasteiger partial charge in [0.25, 0.3) is 0 Å². The lowest BCUT2D eigenvalue weighted by Crippen LogP contribution is -2.17. The third-order valence-electron chi connectivity index (χ3n) is 5.52. The molecule has 0 spiro atoms. The summed E-state index contributed by atoms with van der Waals surface area (Å²) in [6, 6.07) is 0. The number of carbonyl (C=O) groups excluding carboxylic acids is 2. The van der Waals surface area contributed by atoms with Gasteiger partial charge in [-0.25, -0.2) is 0 Å². The minimum absolute atomic E-state index is 0.0175. The van der Waals surface area contributed by atoms with Crippen molar-refractivity contribution in [2.75, 3.05) is 0 Å². The molecule has 0 aromatic carbocycles. The smallest absolute Gasteiger partial charge is 0.163 e. The van der Waals surface area contributed by atoms with Gasteiger partial charge in [-0.1, -0.05) is 64.2 Å². The van der Waals surface area contributed by atoms with Gasteiger partial charge in [-0.3, -0.25) is 9.59 Å². The molecule has 0 aromatic heterocycles. The Morgan fingerprint density at radius 3 is 1.52 bits per heavy atom. The molecule has 2 rings (SSSR count). The first-order chi connectivity index (χ1) is 12.5. The van der Waals surface area contributed by atoms with Gasteiger partial charge >= 0.3 is 0 Å². The first-order valence-corrected chi connectivity index (χ1v) is 9.70. The Labute approximate surface area is 164 Å². The topological polar surface area (TPSA) is 34.1 Å². The highest BCUT2D eigenvalue weighted by Gasteiger charge is 2.25. The van der Waals surface area contributed by atoms with Gasteiger partial charge < -0.3 is 0 Å². The fraction of sp³-hybridized carbons (Fsp3) is 0.440. The SMILES string of the molecule is CC1=C(/C=C/C(=O)CC(=O)/C=C/C2=C(C)C=CCC2(C)C)C(C)(C)CC=C1. The van der Waals surface area contributed by atoms with E-state index in [2.05, 4.69) is 65.8 Å². The summed E-state index contributed by atoms with van der Waals surface area (Å²) in [5.41, 5.74) is 4.72. The van der Waals surface area contributed by atoms with Crippen LogP contribution in [0.1, 0.15) is 60.8 Å². The quantitative estimate of drug-likeness (QED) is 0.413. The van der Waals surface area contributed by atoms with E-state index in [1.54, 1.807) is 12.2 Å².